The van der Waals surface area contributed by atoms with Crippen LogP contribution in [-0.2, 0) is 4.79 Å². The van der Waals surface area contributed by atoms with Gasteiger partial charge in [-0.15, -0.1) is 0 Å². The zero-order valence-corrected chi connectivity index (χ0v) is 11.0. The first-order chi connectivity index (χ1) is 8.58. The van der Waals surface area contributed by atoms with Crippen LogP contribution in [0.5, 0.6) is 0 Å². The fourth-order valence-corrected chi connectivity index (χ4v) is 2.29. The molecule has 18 heavy (non-hydrogen) atoms. The molecular formula is C13H15ClN2O2. The van der Waals surface area contributed by atoms with Crippen LogP contribution in [0.3, 0.4) is 0 Å². The molecule has 96 valence electrons. The average molecular weight is 267 g/mol. The summed E-state index contributed by atoms with van der Waals surface area (Å²) in [5, 5.41) is 3.33. The number of benzene rings is 1. The lowest BCUT2D eigenvalue weighted by atomic mass is 10.1. The van der Waals surface area contributed by atoms with Crippen molar-refractivity contribution in [3.8, 4) is 0 Å². The van der Waals surface area contributed by atoms with Crippen LogP contribution in [0, 0.1) is 0 Å². The van der Waals surface area contributed by atoms with Crippen molar-refractivity contribution in [3.05, 3.63) is 28.8 Å². The number of Topliss-reactive ketones (excluding diaryl/α,β-unsaturated/α-hetero) is 1. The van der Waals surface area contributed by atoms with Gasteiger partial charge in [-0.25, -0.2) is 0 Å². The zero-order valence-electron chi connectivity index (χ0n) is 10.2. The van der Waals surface area contributed by atoms with E-state index in [4.69, 9.17) is 11.6 Å². The third kappa shape index (κ3) is 2.82. The van der Waals surface area contributed by atoms with E-state index in [1.807, 2.05) is 4.90 Å². The molecule has 0 saturated carbocycles. The summed E-state index contributed by atoms with van der Waals surface area (Å²) >= 11 is 6.18. The summed E-state index contributed by atoms with van der Waals surface area (Å²) in [5.41, 5.74) is 1.39. The summed E-state index contributed by atoms with van der Waals surface area (Å²) in [7, 11) is 0. The smallest absolute Gasteiger partial charge is 0.239 e. The number of carbonyl (C=O) groups is 2. The molecule has 1 heterocycles. The van der Waals surface area contributed by atoms with Crippen LogP contribution in [0.2, 0.25) is 5.02 Å². The summed E-state index contributed by atoms with van der Waals surface area (Å²) < 4.78 is 0. The van der Waals surface area contributed by atoms with Gasteiger partial charge in [-0.1, -0.05) is 11.6 Å². The number of amides is 1. The van der Waals surface area contributed by atoms with E-state index in [0.29, 0.717) is 23.7 Å². The second kappa shape index (κ2) is 5.40. The molecule has 1 aromatic carbocycles. The van der Waals surface area contributed by atoms with Crippen molar-refractivity contribution in [1.82, 2.24) is 5.32 Å². The van der Waals surface area contributed by atoms with Crippen LogP contribution in [-0.4, -0.2) is 31.3 Å². The lowest BCUT2D eigenvalue weighted by molar-refractivity contribution is -0.119. The highest BCUT2D eigenvalue weighted by Gasteiger charge is 2.17. The van der Waals surface area contributed by atoms with Crippen LogP contribution in [0.1, 0.15) is 23.7 Å². The molecule has 0 aromatic heterocycles. The van der Waals surface area contributed by atoms with E-state index in [0.717, 1.165) is 18.7 Å². The monoisotopic (exact) mass is 266 g/mol. The molecule has 0 radical (unpaired) electrons. The van der Waals surface area contributed by atoms with E-state index in [1.54, 1.807) is 18.2 Å². The topological polar surface area (TPSA) is 49.4 Å². The fraction of sp³-hybridized carbons (Fsp3) is 0.385. The van der Waals surface area contributed by atoms with Crippen molar-refractivity contribution < 1.29 is 9.59 Å². The normalized spacial score (nSPS) is 16.1. The predicted octanol–water partition coefficient (Wildman–Crippen LogP) is 1.87. The largest absolute Gasteiger partial charge is 0.361 e. The van der Waals surface area contributed by atoms with Crippen LogP contribution in [0.15, 0.2) is 18.2 Å². The average Bonchev–Trinajstić information content (AvgIpc) is 2.53. The molecule has 1 fully saturated rings. The van der Waals surface area contributed by atoms with Crippen LogP contribution in [0.4, 0.5) is 5.69 Å². The first kappa shape index (κ1) is 12.9. The minimum atomic E-state index is -0.0166. The van der Waals surface area contributed by atoms with Gasteiger partial charge in [0.1, 0.15) is 0 Å². The maximum absolute atomic E-state index is 11.5. The first-order valence-electron chi connectivity index (χ1n) is 5.90. The van der Waals surface area contributed by atoms with E-state index in [9.17, 15) is 9.59 Å². The Kier molecular flexibility index (Phi) is 3.87. The number of hydrogen-bond acceptors (Lipinski definition) is 3. The maximum Gasteiger partial charge on any atom is 0.239 e. The minimum absolute atomic E-state index is 0.000730. The van der Waals surface area contributed by atoms with Gasteiger partial charge in [0, 0.05) is 18.7 Å². The molecule has 5 heteroatoms. The fourth-order valence-electron chi connectivity index (χ4n) is 1.99. The van der Waals surface area contributed by atoms with Crippen LogP contribution in [0.25, 0.3) is 0 Å². The van der Waals surface area contributed by atoms with Crippen molar-refractivity contribution in [1.29, 1.82) is 0 Å². The van der Waals surface area contributed by atoms with E-state index in [-0.39, 0.29) is 11.7 Å². The number of halogens is 1. The van der Waals surface area contributed by atoms with Crippen molar-refractivity contribution in [2.75, 3.05) is 24.5 Å². The maximum atomic E-state index is 11.5. The van der Waals surface area contributed by atoms with E-state index >= 15 is 0 Å². The Morgan fingerprint density at radius 2 is 2.22 bits per heavy atom. The molecule has 1 N–H and O–H groups in total. The summed E-state index contributed by atoms with van der Waals surface area (Å²) in [6.07, 6.45) is 0.885. The quantitative estimate of drug-likeness (QED) is 0.832. The molecule has 2 rings (SSSR count). The highest BCUT2D eigenvalue weighted by atomic mass is 35.5. The molecule has 1 saturated heterocycles. The Labute approximate surface area is 111 Å². The van der Waals surface area contributed by atoms with Gasteiger partial charge >= 0.3 is 0 Å². The number of nitrogens with zero attached hydrogens (tertiary/aromatic N) is 1. The number of nitrogens with one attached hydrogen (secondary N) is 1. The number of anilines is 1. The standard InChI is InChI=1S/C13H15ClN2O2/c1-9(17)10-3-4-12(11(14)7-10)16-6-2-5-15-13(18)8-16/h3-4,7H,2,5-6,8H2,1H3,(H,15,18). The van der Waals surface area contributed by atoms with E-state index < -0.39 is 0 Å². The molecule has 0 atom stereocenters. The molecule has 0 unspecified atom stereocenters. The van der Waals surface area contributed by atoms with Crippen molar-refractivity contribution in [2.45, 2.75) is 13.3 Å². The van der Waals surface area contributed by atoms with E-state index in [2.05, 4.69) is 5.32 Å². The summed E-state index contributed by atoms with van der Waals surface area (Å²) in [5.74, 6) is -0.0173. The van der Waals surface area contributed by atoms with Crippen molar-refractivity contribution >= 4 is 29.0 Å². The van der Waals surface area contributed by atoms with Gasteiger partial charge in [-0.05, 0) is 31.5 Å². The molecule has 1 aliphatic heterocycles. The van der Waals surface area contributed by atoms with Gasteiger partial charge in [-0.2, -0.15) is 0 Å². The molecular weight excluding hydrogens is 252 g/mol. The number of hydrogen-bond donors (Lipinski definition) is 1. The second-order valence-electron chi connectivity index (χ2n) is 4.35. The highest BCUT2D eigenvalue weighted by Crippen LogP contribution is 2.27. The molecule has 4 nitrogen and oxygen atoms in total. The highest BCUT2D eigenvalue weighted by molar-refractivity contribution is 6.33. The number of carbonyl (C=O) groups excluding carboxylic acids is 2. The summed E-state index contributed by atoms with van der Waals surface area (Å²) in [6.45, 7) is 3.28. The molecule has 0 bridgehead atoms. The molecule has 0 aliphatic carbocycles. The van der Waals surface area contributed by atoms with Gasteiger partial charge in [0.2, 0.25) is 5.91 Å². The van der Waals surface area contributed by atoms with E-state index in [1.165, 1.54) is 6.92 Å². The van der Waals surface area contributed by atoms with Crippen molar-refractivity contribution in [3.63, 3.8) is 0 Å². The molecule has 1 aliphatic rings. The minimum Gasteiger partial charge on any atom is -0.361 e. The first-order valence-corrected chi connectivity index (χ1v) is 6.28. The SMILES string of the molecule is CC(=O)c1ccc(N2CCCNC(=O)C2)c(Cl)c1. The third-order valence-electron chi connectivity index (χ3n) is 2.96. The summed E-state index contributed by atoms with van der Waals surface area (Å²) in [6, 6.07) is 5.20. The molecule has 1 amide bonds. The van der Waals surface area contributed by atoms with Gasteiger partial charge in [-0.3, -0.25) is 9.59 Å². The van der Waals surface area contributed by atoms with Gasteiger partial charge in [0.15, 0.2) is 5.78 Å². The number of ketones is 1. The second-order valence-corrected chi connectivity index (χ2v) is 4.75. The Bertz CT molecular complexity index is 488. The molecule has 0 spiro atoms. The lowest BCUT2D eigenvalue weighted by Crippen LogP contribution is -2.33. The lowest BCUT2D eigenvalue weighted by Gasteiger charge is -2.22. The van der Waals surface area contributed by atoms with Crippen LogP contribution >= 0.6 is 11.6 Å². The third-order valence-corrected chi connectivity index (χ3v) is 3.26. The number of rotatable bonds is 2. The van der Waals surface area contributed by atoms with Gasteiger partial charge in [0.05, 0.1) is 17.3 Å². The van der Waals surface area contributed by atoms with Gasteiger partial charge < -0.3 is 10.2 Å². The Morgan fingerprint density at radius 3 is 2.89 bits per heavy atom. The molecule has 1 aromatic rings. The zero-order chi connectivity index (χ0) is 13.1. The van der Waals surface area contributed by atoms with Crippen molar-refractivity contribution in [2.24, 2.45) is 0 Å². The Morgan fingerprint density at radius 1 is 1.44 bits per heavy atom. The predicted molar refractivity (Wildman–Crippen MR) is 71.3 cm³/mol. The Balaban J connectivity index is 2.27. The Hall–Kier alpha value is -1.55. The van der Waals surface area contributed by atoms with Gasteiger partial charge in [0.25, 0.3) is 0 Å². The summed E-state index contributed by atoms with van der Waals surface area (Å²) in [4.78, 5) is 24.7. The van der Waals surface area contributed by atoms with Crippen LogP contribution < -0.4 is 10.2 Å².